The Hall–Kier alpha value is -3.54. The van der Waals surface area contributed by atoms with E-state index in [1.165, 1.54) is 10.9 Å². The molecule has 2 heterocycles. The van der Waals surface area contributed by atoms with E-state index in [0.29, 0.717) is 18.8 Å². The van der Waals surface area contributed by atoms with Crippen LogP contribution in [0, 0.1) is 6.92 Å². The highest BCUT2D eigenvalue weighted by molar-refractivity contribution is 5.89. The minimum absolute atomic E-state index is 0.225. The average molecular weight is 373 g/mol. The predicted octanol–water partition coefficient (Wildman–Crippen LogP) is 4.09. The van der Waals surface area contributed by atoms with Gasteiger partial charge in [-0.1, -0.05) is 48.5 Å². The van der Waals surface area contributed by atoms with Crippen molar-refractivity contribution < 1.29 is 4.79 Å². The summed E-state index contributed by atoms with van der Waals surface area (Å²) >= 11 is 0. The number of aromatic nitrogens is 3. The molecule has 4 aromatic rings. The second kappa shape index (κ2) is 8.00. The number of anilines is 1. The van der Waals surface area contributed by atoms with Crippen molar-refractivity contribution in [1.29, 1.82) is 0 Å². The number of aryl methyl sites for hydroxylation is 1. The van der Waals surface area contributed by atoms with Crippen LogP contribution in [0.15, 0.2) is 67.0 Å². The van der Waals surface area contributed by atoms with Gasteiger partial charge in [0.05, 0.1) is 18.4 Å². The lowest BCUT2D eigenvalue weighted by Crippen LogP contribution is -2.30. The number of rotatable bonds is 6. The average Bonchev–Trinajstić information content (AvgIpc) is 3.26. The Bertz CT molecular complexity index is 1080. The number of hydrogen-bond donors (Lipinski definition) is 3. The maximum Gasteiger partial charge on any atom is 0.319 e. The quantitative estimate of drug-likeness (QED) is 0.476. The van der Waals surface area contributed by atoms with Crippen molar-refractivity contribution >= 4 is 22.6 Å². The Kier molecular flexibility index (Phi) is 5.10. The van der Waals surface area contributed by atoms with Crippen molar-refractivity contribution in [2.24, 2.45) is 0 Å². The van der Waals surface area contributed by atoms with Gasteiger partial charge in [0.2, 0.25) is 0 Å². The van der Waals surface area contributed by atoms with Crippen LogP contribution < -0.4 is 10.6 Å². The number of nitrogens with one attached hydrogen (secondary N) is 3. The first-order valence-corrected chi connectivity index (χ1v) is 9.36. The minimum atomic E-state index is -0.225. The van der Waals surface area contributed by atoms with Crippen LogP contribution in [-0.4, -0.2) is 27.3 Å². The number of hydrogen-bond acceptors (Lipinski definition) is 2. The van der Waals surface area contributed by atoms with Crippen LogP contribution in [0.2, 0.25) is 0 Å². The van der Waals surface area contributed by atoms with Crippen LogP contribution in [0.3, 0.4) is 0 Å². The van der Waals surface area contributed by atoms with Gasteiger partial charge < -0.3 is 15.6 Å². The fourth-order valence-electron chi connectivity index (χ4n) is 3.42. The van der Waals surface area contributed by atoms with Crippen LogP contribution in [-0.2, 0) is 13.0 Å². The largest absolute Gasteiger partial charge is 0.358 e. The lowest BCUT2D eigenvalue weighted by atomic mass is 10.1. The van der Waals surface area contributed by atoms with Crippen molar-refractivity contribution in [3.63, 3.8) is 0 Å². The van der Waals surface area contributed by atoms with Gasteiger partial charge in [0.1, 0.15) is 0 Å². The first-order chi connectivity index (χ1) is 13.7. The van der Waals surface area contributed by atoms with Gasteiger partial charge in [-0.15, -0.1) is 0 Å². The summed E-state index contributed by atoms with van der Waals surface area (Å²) in [5.41, 5.74) is 5.36. The fraction of sp³-hybridized carbons (Fsp3) is 0.182. The van der Waals surface area contributed by atoms with Gasteiger partial charge >= 0.3 is 6.03 Å². The Balaban J connectivity index is 1.29. The number of carbonyl (C=O) groups is 1. The van der Waals surface area contributed by atoms with Crippen LogP contribution in [0.25, 0.3) is 10.9 Å². The van der Waals surface area contributed by atoms with Crippen LogP contribution in [0.5, 0.6) is 0 Å². The van der Waals surface area contributed by atoms with Gasteiger partial charge in [-0.3, -0.25) is 4.68 Å². The van der Waals surface area contributed by atoms with Gasteiger partial charge in [0, 0.05) is 29.3 Å². The van der Waals surface area contributed by atoms with Crippen molar-refractivity contribution in [2.45, 2.75) is 19.9 Å². The lowest BCUT2D eigenvalue weighted by Gasteiger charge is -2.06. The highest BCUT2D eigenvalue weighted by Gasteiger charge is 2.09. The zero-order valence-electron chi connectivity index (χ0n) is 15.8. The standard InChI is InChI=1S/C22H23N5O/c1-16-19(20-9-5-6-10-21(20)25-16)11-12-23-22(28)26-18-13-24-27(15-18)14-17-7-3-2-4-8-17/h2-10,13,15,25H,11-12,14H2,1H3,(H2,23,26,28). The molecule has 0 aliphatic carbocycles. The highest BCUT2D eigenvalue weighted by atomic mass is 16.2. The summed E-state index contributed by atoms with van der Waals surface area (Å²) in [6.07, 6.45) is 4.26. The summed E-state index contributed by atoms with van der Waals surface area (Å²) in [5.74, 6) is 0. The number of para-hydroxylation sites is 1. The van der Waals surface area contributed by atoms with E-state index in [4.69, 9.17) is 0 Å². The Morgan fingerprint density at radius 1 is 1.11 bits per heavy atom. The third-order valence-electron chi connectivity index (χ3n) is 4.77. The van der Waals surface area contributed by atoms with Gasteiger partial charge in [0.25, 0.3) is 0 Å². The van der Waals surface area contributed by atoms with Crippen molar-refractivity contribution in [2.75, 3.05) is 11.9 Å². The van der Waals surface area contributed by atoms with Gasteiger partial charge in [-0.05, 0) is 30.5 Å². The summed E-state index contributed by atoms with van der Waals surface area (Å²) in [4.78, 5) is 15.6. The number of H-pyrrole nitrogens is 1. The normalized spacial score (nSPS) is 10.9. The van der Waals surface area contributed by atoms with Crippen LogP contribution in [0.4, 0.5) is 10.5 Å². The monoisotopic (exact) mass is 373 g/mol. The molecule has 0 spiro atoms. The smallest absolute Gasteiger partial charge is 0.319 e. The SMILES string of the molecule is Cc1[nH]c2ccccc2c1CCNC(=O)Nc1cnn(Cc2ccccc2)c1. The zero-order valence-corrected chi connectivity index (χ0v) is 15.8. The molecule has 0 saturated carbocycles. The minimum Gasteiger partial charge on any atom is -0.358 e. The molecule has 0 saturated heterocycles. The molecule has 142 valence electrons. The molecule has 0 bridgehead atoms. The first kappa shape index (κ1) is 17.9. The highest BCUT2D eigenvalue weighted by Crippen LogP contribution is 2.21. The maximum absolute atomic E-state index is 12.2. The van der Waals surface area contributed by atoms with E-state index < -0.39 is 0 Å². The lowest BCUT2D eigenvalue weighted by molar-refractivity contribution is 0.252. The molecule has 0 atom stereocenters. The predicted molar refractivity (Wildman–Crippen MR) is 112 cm³/mol. The van der Waals surface area contributed by atoms with Crippen LogP contribution >= 0.6 is 0 Å². The van der Waals surface area contributed by atoms with E-state index in [2.05, 4.69) is 39.8 Å². The first-order valence-electron chi connectivity index (χ1n) is 9.36. The van der Waals surface area contributed by atoms with Gasteiger partial charge in [-0.2, -0.15) is 5.10 Å². The molecule has 6 nitrogen and oxygen atoms in total. The van der Waals surface area contributed by atoms with E-state index in [0.717, 1.165) is 23.2 Å². The van der Waals surface area contributed by atoms with Gasteiger partial charge in [0.15, 0.2) is 0 Å². The Labute approximate surface area is 163 Å². The van der Waals surface area contributed by atoms with Gasteiger partial charge in [-0.25, -0.2) is 4.79 Å². The summed E-state index contributed by atoms with van der Waals surface area (Å²) in [5, 5.41) is 11.3. The molecule has 0 radical (unpaired) electrons. The molecule has 28 heavy (non-hydrogen) atoms. The molecule has 2 aromatic heterocycles. The van der Waals surface area contributed by atoms with E-state index in [-0.39, 0.29) is 6.03 Å². The zero-order chi connectivity index (χ0) is 19.3. The molecule has 4 rings (SSSR count). The maximum atomic E-state index is 12.2. The van der Waals surface area contributed by atoms with Crippen molar-refractivity contribution in [3.8, 4) is 0 Å². The second-order valence-corrected chi connectivity index (χ2v) is 6.82. The number of benzene rings is 2. The molecular weight excluding hydrogens is 350 g/mol. The fourth-order valence-corrected chi connectivity index (χ4v) is 3.42. The number of urea groups is 1. The third kappa shape index (κ3) is 4.06. The summed E-state index contributed by atoms with van der Waals surface area (Å²) in [7, 11) is 0. The molecule has 0 fully saturated rings. The number of aromatic amines is 1. The Morgan fingerprint density at radius 2 is 1.89 bits per heavy atom. The van der Waals surface area contributed by atoms with Crippen molar-refractivity contribution in [1.82, 2.24) is 20.1 Å². The number of nitrogens with zero attached hydrogens (tertiary/aromatic N) is 2. The number of carbonyl (C=O) groups excluding carboxylic acids is 1. The summed E-state index contributed by atoms with van der Waals surface area (Å²) in [6.45, 7) is 3.30. The molecule has 0 aliphatic heterocycles. The van der Waals surface area contributed by atoms with Crippen molar-refractivity contribution in [3.05, 3.63) is 83.8 Å². The molecule has 2 aromatic carbocycles. The second-order valence-electron chi connectivity index (χ2n) is 6.82. The number of fused-ring (bicyclic) bond motifs is 1. The molecule has 0 aliphatic rings. The number of amides is 2. The summed E-state index contributed by atoms with van der Waals surface area (Å²) < 4.78 is 1.81. The van der Waals surface area contributed by atoms with Crippen LogP contribution in [0.1, 0.15) is 16.8 Å². The molecule has 3 N–H and O–H groups in total. The van der Waals surface area contributed by atoms with E-state index >= 15 is 0 Å². The molecular formula is C22H23N5O. The molecule has 6 heteroatoms. The third-order valence-corrected chi connectivity index (χ3v) is 4.77. The molecule has 2 amide bonds. The Morgan fingerprint density at radius 3 is 2.75 bits per heavy atom. The van der Waals surface area contributed by atoms with E-state index in [9.17, 15) is 4.79 Å². The summed E-state index contributed by atoms with van der Waals surface area (Å²) in [6, 6.07) is 18.1. The van der Waals surface area contributed by atoms with E-state index in [1.807, 2.05) is 48.7 Å². The topological polar surface area (TPSA) is 74.7 Å². The molecule has 0 unspecified atom stereocenters. The van der Waals surface area contributed by atoms with E-state index in [1.54, 1.807) is 10.9 Å².